The second kappa shape index (κ2) is 7.25. The van der Waals surface area contributed by atoms with Crippen LogP contribution in [0.15, 0.2) is 29.1 Å². The predicted octanol–water partition coefficient (Wildman–Crippen LogP) is 2.22. The summed E-state index contributed by atoms with van der Waals surface area (Å²) in [6, 6.07) is 8.95. The first kappa shape index (κ1) is 17.9. The molecule has 0 bridgehead atoms. The number of methoxy groups -OCH3 is 1. The van der Waals surface area contributed by atoms with Crippen LogP contribution in [0.2, 0.25) is 0 Å². The Morgan fingerprint density at radius 1 is 1.41 bits per heavy atom. The standard InChI is InChI=1S/C20H21N3O3S/c1-11-16-18(24)22-15(23-19(16)27-17(11)20(25)26-2)10-21-14-9-5-7-12-6-3-4-8-13(12)14/h3-4,6,8,14,21H,5,7,9-10H2,1-2H3,(H,22,23,24)/p+1/t14-/m0/s1. The minimum atomic E-state index is -0.429. The number of ether oxygens (including phenoxy) is 1. The number of esters is 1. The Kier molecular flexibility index (Phi) is 4.80. The van der Waals surface area contributed by atoms with E-state index in [4.69, 9.17) is 4.74 Å². The van der Waals surface area contributed by atoms with Crippen molar-refractivity contribution in [1.82, 2.24) is 9.97 Å². The van der Waals surface area contributed by atoms with Gasteiger partial charge in [-0.15, -0.1) is 11.3 Å². The van der Waals surface area contributed by atoms with Gasteiger partial charge in [-0.25, -0.2) is 9.78 Å². The number of carbonyl (C=O) groups excluding carboxylic acids is 1. The van der Waals surface area contributed by atoms with E-state index in [0.717, 1.165) is 12.8 Å². The Morgan fingerprint density at radius 3 is 3.04 bits per heavy atom. The fourth-order valence-electron chi connectivity index (χ4n) is 3.86. The molecule has 0 aliphatic heterocycles. The third-order valence-electron chi connectivity index (χ3n) is 5.23. The van der Waals surface area contributed by atoms with Gasteiger partial charge in [0.05, 0.1) is 12.5 Å². The SMILES string of the molecule is COC(=O)c1sc2nc(C[NH2+][C@H]3CCCc4ccccc43)[nH]c(=O)c2c1C. The number of nitrogens with two attached hydrogens (primary N) is 1. The average molecular weight is 384 g/mol. The van der Waals surface area contributed by atoms with Gasteiger partial charge in [-0.2, -0.15) is 0 Å². The first-order valence-electron chi connectivity index (χ1n) is 9.10. The Bertz CT molecular complexity index is 1070. The van der Waals surface area contributed by atoms with Gasteiger partial charge in [-0.05, 0) is 30.9 Å². The van der Waals surface area contributed by atoms with E-state index in [1.165, 1.54) is 36.0 Å². The van der Waals surface area contributed by atoms with Crippen LogP contribution in [0.5, 0.6) is 0 Å². The van der Waals surface area contributed by atoms with Gasteiger partial charge in [0.2, 0.25) is 0 Å². The molecule has 0 amide bonds. The quantitative estimate of drug-likeness (QED) is 0.675. The molecule has 2 heterocycles. The number of hydrogen-bond donors (Lipinski definition) is 2. The minimum Gasteiger partial charge on any atom is -0.465 e. The number of benzene rings is 1. The molecule has 0 spiro atoms. The largest absolute Gasteiger partial charge is 0.465 e. The number of thiophene rings is 1. The number of aryl methyl sites for hydroxylation is 2. The van der Waals surface area contributed by atoms with E-state index in [1.807, 2.05) is 0 Å². The third-order valence-corrected chi connectivity index (χ3v) is 6.40. The van der Waals surface area contributed by atoms with Crippen molar-refractivity contribution in [3.8, 4) is 0 Å². The zero-order valence-corrected chi connectivity index (χ0v) is 16.2. The van der Waals surface area contributed by atoms with Crippen molar-refractivity contribution in [2.24, 2.45) is 0 Å². The highest BCUT2D eigenvalue weighted by molar-refractivity contribution is 7.20. The average Bonchev–Trinajstić information content (AvgIpc) is 3.02. The van der Waals surface area contributed by atoms with E-state index in [-0.39, 0.29) is 5.56 Å². The molecule has 6 nitrogen and oxygen atoms in total. The molecule has 3 N–H and O–H groups in total. The highest BCUT2D eigenvalue weighted by Crippen LogP contribution is 2.28. The molecule has 1 aliphatic carbocycles. The lowest BCUT2D eigenvalue weighted by Gasteiger charge is -2.23. The van der Waals surface area contributed by atoms with Crippen LogP contribution >= 0.6 is 11.3 Å². The summed E-state index contributed by atoms with van der Waals surface area (Å²) < 4.78 is 4.80. The maximum Gasteiger partial charge on any atom is 0.348 e. The Hall–Kier alpha value is -2.51. The number of hydrogen-bond acceptors (Lipinski definition) is 5. The van der Waals surface area contributed by atoms with Gasteiger partial charge < -0.3 is 15.0 Å². The van der Waals surface area contributed by atoms with Crippen LogP contribution in [0.3, 0.4) is 0 Å². The van der Waals surface area contributed by atoms with Gasteiger partial charge in [0.15, 0.2) is 5.82 Å². The summed E-state index contributed by atoms with van der Waals surface area (Å²) >= 11 is 1.22. The predicted molar refractivity (Wildman–Crippen MR) is 104 cm³/mol. The number of H-pyrrole nitrogens is 1. The van der Waals surface area contributed by atoms with Gasteiger partial charge >= 0.3 is 5.97 Å². The van der Waals surface area contributed by atoms with Gasteiger partial charge in [0.25, 0.3) is 5.56 Å². The molecular weight excluding hydrogens is 362 g/mol. The first-order valence-corrected chi connectivity index (χ1v) is 9.92. The molecule has 0 saturated heterocycles. The van der Waals surface area contributed by atoms with Gasteiger partial charge in [0.1, 0.15) is 22.3 Å². The normalized spacial score (nSPS) is 16.3. The summed E-state index contributed by atoms with van der Waals surface area (Å²) in [5, 5.41) is 2.72. The molecule has 7 heteroatoms. The molecule has 2 aromatic heterocycles. The van der Waals surface area contributed by atoms with Crippen LogP contribution in [0.1, 0.15) is 51.1 Å². The molecule has 1 atom stereocenters. The van der Waals surface area contributed by atoms with Crippen molar-refractivity contribution < 1.29 is 14.8 Å². The molecule has 0 unspecified atom stereocenters. The van der Waals surface area contributed by atoms with Crippen molar-refractivity contribution in [3.05, 3.63) is 62.0 Å². The highest BCUT2D eigenvalue weighted by atomic mass is 32.1. The van der Waals surface area contributed by atoms with E-state index in [0.29, 0.717) is 39.1 Å². The molecule has 140 valence electrons. The number of carbonyl (C=O) groups is 1. The summed E-state index contributed by atoms with van der Waals surface area (Å²) in [5.41, 5.74) is 3.23. The first-order chi connectivity index (χ1) is 13.1. The lowest BCUT2D eigenvalue weighted by atomic mass is 9.88. The van der Waals surface area contributed by atoms with Crippen molar-refractivity contribution >= 4 is 27.5 Å². The summed E-state index contributed by atoms with van der Waals surface area (Å²) in [4.78, 5) is 32.9. The molecule has 3 aromatic rings. The van der Waals surface area contributed by atoms with E-state index < -0.39 is 5.97 Å². The third kappa shape index (κ3) is 3.28. The summed E-state index contributed by atoms with van der Waals surface area (Å²) in [6.45, 7) is 2.35. The number of nitrogens with zero attached hydrogens (tertiary/aromatic N) is 1. The zero-order valence-electron chi connectivity index (χ0n) is 15.4. The highest BCUT2D eigenvalue weighted by Gasteiger charge is 2.23. The van der Waals surface area contributed by atoms with E-state index in [1.54, 1.807) is 6.92 Å². The van der Waals surface area contributed by atoms with Gasteiger partial charge in [-0.3, -0.25) is 4.79 Å². The molecule has 0 fully saturated rings. The molecular formula is C20H22N3O3S+. The van der Waals surface area contributed by atoms with Crippen LogP contribution in [0, 0.1) is 6.92 Å². The van der Waals surface area contributed by atoms with Gasteiger partial charge in [0, 0.05) is 12.0 Å². The molecule has 0 saturated carbocycles. The second-order valence-corrected chi connectivity index (χ2v) is 7.88. The smallest absolute Gasteiger partial charge is 0.348 e. The summed E-state index contributed by atoms with van der Waals surface area (Å²) in [5.74, 6) is 0.204. The fourth-order valence-corrected chi connectivity index (χ4v) is 4.98. The van der Waals surface area contributed by atoms with E-state index >= 15 is 0 Å². The van der Waals surface area contributed by atoms with Gasteiger partial charge in [-0.1, -0.05) is 24.3 Å². The number of quaternary nitrogens is 1. The van der Waals surface area contributed by atoms with Crippen LogP contribution in [0.25, 0.3) is 10.2 Å². The Balaban J connectivity index is 1.60. The molecule has 0 radical (unpaired) electrons. The minimum absolute atomic E-state index is 0.198. The maximum absolute atomic E-state index is 12.5. The molecule has 1 aromatic carbocycles. The summed E-state index contributed by atoms with van der Waals surface area (Å²) in [6.07, 6.45) is 3.42. The fraction of sp³-hybridized carbons (Fsp3) is 0.350. The van der Waals surface area contributed by atoms with Crippen LogP contribution in [-0.2, 0) is 17.7 Å². The van der Waals surface area contributed by atoms with E-state index in [2.05, 4.69) is 39.6 Å². The second-order valence-electron chi connectivity index (χ2n) is 6.88. The van der Waals surface area contributed by atoms with Crippen LogP contribution in [0.4, 0.5) is 0 Å². The molecule has 27 heavy (non-hydrogen) atoms. The molecule has 1 aliphatic rings. The maximum atomic E-state index is 12.5. The van der Waals surface area contributed by atoms with Crippen LogP contribution in [-0.4, -0.2) is 23.0 Å². The Labute approximate surface area is 160 Å². The van der Waals surface area contributed by atoms with Crippen molar-refractivity contribution in [2.45, 2.75) is 38.8 Å². The topological polar surface area (TPSA) is 88.7 Å². The molecule has 4 rings (SSSR count). The lowest BCUT2D eigenvalue weighted by Crippen LogP contribution is -2.84. The lowest BCUT2D eigenvalue weighted by molar-refractivity contribution is -0.713. The number of rotatable bonds is 4. The Morgan fingerprint density at radius 2 is 2.22 bits per heavy atom. The van der Waals surface area contributed by atoms with E-state index in [9.17, 15) is 9.59 Å². The number of aromatic amines is 1. The van der Waals surface area contributed by atoms with Crippen molar-refractivity contribution in [3.63, 3.8) is 0 Å². The summed E-state index contributed by atoms with van der Waals surface area (Å²) in [7, 11) is 1.34. The zero-order chi connectivity index (χ0) is 19.0. The number of nitrogens with one attached hydrogen (secondary N) is 1. The number of fused-ring (bicyclic) bond motifs is 2. The monoisotopic (exact) mass is 384 g/mol. The van der Waals surface area contributed by atoms with Crippen molar-refractivity contribution in [1.29, 1.82) is 0 Å². The van der Waals surface area contributed by atoms with Crippen LogP contribution < -0.4 is 10.9 Å². The number of aromatic nitrogens is 2. The van der Waals surface area contributed by atoms with Crippen molar-refractivity contribution in [2.75, 3.05) is 7.11 Å².